The predicted octanol–water partition coefficient (Wildman–Crippen LogP) is 11.4. The van der Waals surface area contributed by atoms with E-state index in [0.717, 1.165) is 53.1 Å². The highest BCUT2D eigenvalue weighted by Crippen LogP contribution is 2.41. The summed E-state index contributed by atoms with van der Waals surface area (Å²) in [7, 11) is 3.77. The molecule has 5 amide bonds. The number of hydrogen-bond acceptors (Lipinski definition) is 15. The maximum Gasteiger partial charge on any atom is 0.409 e. The van der Waals surface area contributed by atoms with E-state index in [1.54, 1.807) is 68.2 Å². The average Bonchev–Trinajstić information content (AvgIpc) is 1.64. The van der Waals surface area contributed by atoms with Gasteiger partial charge in [-0.2, -0.15) is 13.9 Å². The van der Waals surface area contributed by atoms with Crippen molar-refractivity contribution in [1.29, 1.82) is 0 Å². The number of halogens is 8. The minimum atomic E-state index is -2.99. The summed E-state index contributed by atoms with van der Waals surface area (Å²) in [5, 5.41) is 3.75. The number of methoxy groups -OCH3 is 3. The molecule has 0 radical (unpaired) electrons. The minimum Gasteiger partial charge on any atom is -0.453 e. The van der Waals surface area contributed by atoms with E-state index in [-0.39, 0.29) is 149 Å². The molecule has 5 aliphatic heterocycles. The van der Waals surface area contributed by atoms with Crippen LogP contribution in [0.1, 0.15) is 46.7 Å². The fourth-order valence-corrected chi connectivity index (χ4v) is 15.0. The third-order valence-electron chi connectivity index (χ3n) is 20.2. The van der Waals surface area contributed by atoms with Crippen molar-refractivity contribution in [2.75, 3.05) is 96.8 Å². The van der Waals surface area contributed by atoms with Crippen LogP contribution in [0.3, 0.4) is 0 Å². The third-order valence-corrected chi connectivity index (χ3v) is 20.2. The number of carbonyl (C=O) groups excluding carboxylic acids is 5. The predicted molar refractivity (Wildman–Crippen MR) is 369 cm³/mol. The Bertz CT molecular complexity index is 5170. The van der Waals surface area contributed by atoms with Crippen LogP contribution in [0.25, 0.3) is 62.0 Å². The number of imidazole rings is 3. The lowest BCUT2D eigenvalue weighted by atomic mass is 9.98. The molecule has 24 nitrogen and oxygen atoms in total. The van der Waals surface area contributed by atoms with Crippen LogP contribution in [-0.4, -0.2) is 188 Å². The largest absolute Gasteiger partial charge is 0.453 e. The second-order valence-electron chi connectivity index (χ2n) is 26.9. The van der Waals surface area contributed by atoms with Crippen LogP contribution < -0.4 is 9.80 Å². The topological polar surface area (TPSA) is 227 Å². The van der Waals surface area contributed by atoms with Crippen LogP contribution in [0.5, 0.6) is 0 Å². The first-order chi connectivity index (χ1) is 51.6. The Morgan fingerprint density at radius 3 is 1.39 bits per heavy atom. The summed E-state index contributed by atoms with van der Waals surface area (Å²) in [6, 6.07) is 17.7. The van der Waals surface area contributed by atoms with Crippen molar-refractivity contribution in [1.82, 2.24) is 52.6 Å². The van der Waals surface area contributed by atoms with Gasteiger partial charge in [-0.1, -0.05) is 6.08 Å². The number of aromatic nitrogens is 8. The molecule has 5 atom stereocenters. The molecule has 2 unspecified atom stereocenters. The van der Waals surface area contributed by atoms with Gasteiger partial charge in [0.05, 0.1) is 147 Å². The summed E-state index contributed by atoms with van der Waals surface area (Å²) in [5.74, 6) is -8.73. The summed E-state index contributed by atoms with van der Waals surface area (Å²) in [4.78, 5) is 87.6. The number of hydrogen-bond donors (Lipinski definition) is 0. The molecule has 15 rings (SSSR count). The zero-order valence-electron chi connectivity index (χ0n) is 58.1. The fourth-order valence-electron chi connectivity index (χ4n) is 15.0. The second kappa shape index (κ2) is 29.2. The maximum atomic E-state index is 17.2. The Morgan fingerprint density at radius 1 is 0.514 bits per heavy atom. The minimum absolute atomic E-state index is 0.00275. The Kier molecular flexibility index (Phi) is 19.5. The summed E-state index contributed by atoms with van der Waals surface area (Å²) < 4.78 is 166. The highest BCUT2D eigenvalue weighted by atomic mass is 19.3. The lowest BCUT2D eigenvalue weighted by Crippen LogP contribution is -2.46. The van der Waals surface area contributed by atoms with Gasteiger partial charge in [-0.25, -0.2) is 60.4 Å². The van der Waals surface area contributed by atoms with E-state index in [1.165, 1.54) is 53.2 Å². The number of ether oxygens (including phenoxy) is 6. The van der Waals surface area contributed by atoms with E-state index >= 15 is 26.3 Å². The molecule has 4 saturated heterocycles. The van der Waals surface area contributed by atoms with E-state index in [0.29, 0.717) is 45.1 Å². The van der Waals surface area contributed by atoms with Crippen LogP contribution in [0.2, 0.25) is 0 Å². The number of alkyl halides is 2. The highest BCUT2D eigenvalue weighted by molar-refractivity contribution is 6.01. The van der Waals surface area contributed by atoms with Crippen LogP contribution in [0, 0.1) is 53.7 Å². The quantitative estimate of drug-likeness (QED) is 0.0610. The van der Waals surface area contributed by atoms with Gasteiger partial charge >= 0.3 is 24.8 Å². The number of aryl methyl sites for hydroxylation is 1. The highest BCUT2D eigenvalue weighted by Gasteiger charge is 2.38. The number of fused-ring (bicyclic) bond motifs is 3. The zero-order chi connectivity index (χ0) is 74.8. The molecule has 0 saturated carbocycles. The molecule has 4 fully saturated rings. The number of rotatable bonds is 17. The second-order valence-corrected chi connectivity index (χ2v) is 26.9. The Balaban J connectivity index is 0.678. The first-order valence-electron chi connectivity index (χ1n) is 34.6. The molecule has 0 aliphatic carbocycles. The first-order valence-corrected chi connectivity index (χ1v) is 34.6. The van der Waals surface area contributed by atoms with Crippen molar-refractivity contribution in [3.05, 3.63) is 185 Å². The van der Waals surface area contributed by atoms with Crippen molar-refractivity contribution < 1.29 is 87.5 Å². The SMILES string of the molecule is COC(=O)N1CCO[C@@H](Cc2c(-c3c(F)cc(N4C=CC(Cc5ccn6c(C[C@H]7CN(C(=O)OC)CCO7)c(-c7c(F)cc(N8CCC(Cc9ccn%10c(C[C@H]%11CN(C(=O)OC)CCO%11)c(-c%11c(F)cc(-c%12ccn(C(F)F)n%12)cc%11F)nc%10c9)C8=O)cc7F)nc6c5)C4=O)cc3F)nc3cc(C)ccn23)C1. The molecule has 0 spiro atoms. The summed E-state index contributed by atoms with van der Waals surface area (Å²) in [5.41, 5.74) is 1.86. The summed E-state index contributed by atoms with van der Waals surface area (Å²) in [6.45, 7) is 0.471. The monoisotopic (exact) mass is 1480 g/mol. The van der Waals surface area contributed by atoms with Gasteiger partial charge in [-0.15, -0.1) is 0 Å². The van der Waals surface area contributed by atoms with Gasteiger partial charge < -0.3 is 61.2 Å². The van der Waals surface area contributed by atoms with Gasteiger partial charge in [-0.3, -0.25) is 14.5 Å². The fraction of sp³-hybridized carbons (Fsp3) is 0.347. The molecule has 556 valence electrons. The van der Waals surface area contributed by atoms with Gasteiger partial charge in [0.15, 0.2) is 0 Å². The molecule has 0 N–H and O–H groups in total. The molecule has 0 bridgehead atoms. The van der Waals surface area contributed by atoms with E-state index in [4.69, 9.17) is 38.4 Å². The third kappa shape index (κ3) is 13.8. The van der Waals surface area contributed by atoms with Crippen LogP contribution in [0.4, 0.5) is 60.9 Å². The molecule has 5 aliphatic rings. The van der Waals surface area contributed by atoms with Crippen molar-refractivity contribution in [2.45, 2.75) is 70.3 Å². The van der Waals surface area contributed by atoms with Crippen LogP contribution in [-0.2, 0) is 70.1 Å². The Labute approximate surface area is 604 Å². The van der Waals surface area contributed by atoms with Crippen molar-refractivity contribution in [2.24, 2.45) is 11.8 Å². The van der Waals surface area contributed by atoms with E-state index < -0.39 is 118 Å². The Morgan fingerprint density at radius 2 is 0.944 bits per heavy atom. The van der Waals surface area contributed by atoms with Crippen molar-refractivity contribution >= 4 is 58.4 Å². The van der Waals surface area contributed by atoms with Gasteiger partial charge in [0.2, 0.25) is 11.8 Å². The molecule has 3 aromatic carbocycles. The van der Waals surface area contributed by atoms with E-state index in [9.17, 15) is 32.8 Å². The number of carbonyl (C=O) groups is 5. The normalized spacial score (nSPS) is 19.3. The van der Waals surface area contributed by atoms with E-state index in [2.05, 4.69) is 10.1 Å². The molecule has 107 heavy (non-hydrogen) atoms. The van der Waals surface area contributed by atoms with Gasteiger partial charge in [-0.05, 0) is 122 Å². The van der Waals surface area contributed by atoms with Crippen LogP contribution >= 0.6 is 0 Å². The maximum absolute atomic E-state index is 17.2. The number of morpholine rings is 3. The molecule has 12 heterocycles. The first kappa shape index (κ1) is 71.4. The summed E-state index contributed by atoms with van der Waals surface area (Å²) in [6.07, 6.45) is 5.90. The number of nitrogens with zero attached hydrogens (tertiary/aromatic N) is 13. The zero-order valence-corrected chi connectivity index (χ0v) is 58.1. The average molecular weight is 1480 g/mol. The van der Waals surface area contributed by atoms with Crippen molar-refractivity contribution in [3.63, 3.8) is 0 Å². The van der Waals surface area contributed by atoms with E-state index in [1.807, 2.05) is 13.0 Å². The lowest BCUT2D eigenvalue weighted by Gasteiger charge is -2.32. The molecular weight excluding hydrogens is 1410 g/mol. The molecule has 10 aromatic rings. The van der Waals surface area contributed by atoms with Crippen molar-refractivity contribution in [3.8, 4) is 45.0 Å². The van der Waals surface area contributed by atoms with Gasteiger partial charge in [0, 0.05) is 93.6 Å². The smallest absolute Gasteiger partial charge is 0.409 e. The van der Waals surface area contributed by atoms with Gasteiger partial charge in [0.25, 0.3) is 0 Å². The number of benzene rings is 3. The Hall–Kier alpha value is -11.3. The number of amides is 5. The number of anilines is 2. The molecule has 7 aromatic heterocycles. The van der Waals surface area contributed by atoms with Gasteiger partial charge in [0.1, 0.15) is 51.8 Å². The molecular formula is C75H69F8N13O11. The molecule has 32 heteroatoms. The van der Waals surface area contributed by atoms with Crippen LogP contribution in [0.15, 0.2) is 116 Å². The lowest BCUT2D eigenvalue weighted by molar-refractivity contribution is -0.120. The number of pyridine rings is 3. The standard InChI is InChI=1S/C75H69F8N13O11/c1-40-5-11-93-58(34-48-37-88(17-20-105-48)73(99)102-2)68(84-61(93)23-40)65-53(78)30-46(31-54(65)79)91-14-8-44(70(91)97)25-42-7-13-95-60(36-50-39-90(19-22-107-50)75(101)104-4)69(86-63(95)27-42)66-55(80)32-47(33-56(66)81)92-15-9-43(71(92)98)24-41-6-12-94-59(35-49-38-89(18-21-106-49)74(100)103-3)67(85-62(94)26-41)64-51(76)28-45(29-52(64)77)57-10-16-96(87-57)72(82)83/h5-8,10-14,16,23,26-33,43-44,48-50,72H,9,15,17-22,24-25,34-39H2,1-4H3/t43?,44?,48-,49-,50-/m0/s1. The summed E-state index contributed by atoms with van der Waals surface area (Å²) >= 11 is 0.